The number of allylic oxidation sites excluding steroid dienone is 2. The quantitative estimate of drug-likeness (QED) is 0.414. The monoisotopic (exact) mass is 424 g/mol. The number of hydrogen-bond donors (Lipinski definition) is 0. The van der Waals surface area contributed by atoms with Gasteiger partial charge < -0.3 is 0 Å². The first-order chi connectivity index (χ1) is 14.4. The van der Waals surface area contributed by atoms with E-state index in [-0.39, 0.29) is 5.41 Å². The highest BCUT2D eigenvalue weighted by Gasteiger charge is 2.82. The van der Waals surface area contributed by atoms with Crippen LogP contribution in [0.4, 0.5) is 0 Å². The van der Waals surface area contributed by atoms with Crippen LogP contribution in [0.2, 0.25) is 0 Å². The number of hydrogen-bond acceptors (Lipinski definition) is 1. The molecule has 0 aliphatic heterocycles. The van der Waals surface area contributed by atoms with Gasteiger partial charge in [0.15, 0.2) is 0 Å². The zero-order valence-corrected chi connectivity index (χ0v) is 21.6. The van der Waals surface area contributed by atoms with Gasteiger partial charge in [0.1, 0.15) is 5.78 Å². The molecule has 5 saturated carbocycles. The molecule has 31 heavy (non-hydrogen) atoms. The van der Waals surface area contributed by atoms with Crippen LogP contribution in [0, 0.1) is 50.7 Å². The first-order valence-electron chi connectivity index (χ1n) is 13.6. The molecule has 2 unspecified atom stereocenters. The van der Waals surface area contributed by atoms with Crippen molar-refractivity contribution in [3.8, 4) is 0 Å². The van der Waals surface area contributed by atoms with Crippen molar-refractivity contribution in [3.05, 3.63) is 11.6 Å². The molecule has 0 bridgehead atoms. The maximum atomic E-state index is 12.8. The lowest BCUT2D eigenvalue weighted by Crippen LogP contribution is -2.57. The first-order valence-corrected chi connectivity index (χ1v) is 13.6. The topological polar surface area (TPSA) is 17.1 Å². The molecule has 0 heterocycles. The molecule has 5 fully saturated rings. The molecule has 174 valence electrons. The van der Waals surface area contributed by atoms with Gasteiger partial charge in [0.25, 0.3) is 0 Å². The van der Waals surface area contributed by atoms with Crippen LogP contribution < -0.4 is 0 Å². The minimum absolute atomic E-state index is 0.0774. The zero-order chi connectivity index (χ0) is 22.4. The average Bonchev–Trinajstić information content (AvgIpc) is 3.27. The van der Waals surface area contributed by atoms with Gasteiger partial charge in [0.2, 0.25) is 0 Å². The molecule has 5 aliphatic rings. The summed E-state index contributed by atoms with van der Waals surface area (Å²) >= 11 is 0. The Morgan fingerprint density at radius 3 is 2.32 bits per heavy atom. The average molecular weight is 425 g/mol. The second-order valence-corrected chi connectivity index (χ2v) is 14.1. The first kappa shape index (κ1) is 22.2. The van der Waals surface area contributed by atoms with Crippen LogP contribution in [0.25, 0.3) is 0 Å². The fourth-order valence-electron chi connectivity index (χ4n) is 11.0. The van der Waals surface area contributed by atoms with Gasteiger partial charge >= 0.3 is 0 Å². The van der Waals surface area contributed by atoms with E-state index in [9.17, 15) is 4.79 Å². The van der Waals surface area contributed by atoms with E-state index in [1.165, 1.54) is 69.8 Å². The Kier molecular flexibility index (Phi) is 4.82. The molecule has 2 spiro atoms. The van der Waals surface area contributed by atoms with Crippen LogP contribution in [0.15, 0.2) is 11.6 Å². The van der Waals surface area contributed by atoms with E-state index in [1.54, 1.807) is 0 Å². The summed E-state index contributed by atoms with van der Waals surface area (Å²) in [5, 5.41) is 0. The van der Waals surface area contributed by atoms with Gasteiger partial charge in [-0.15, -0.1) is 0 Å². The summed E-state index contributed by atoms with van der Waals surface area (Å²) in [7, 11) is 0. The summed E-state index contributed by atoms with van der Waals surface area (Å²) in [6.45, 7) is 17.1. The summed E-state index contributed by atoms with van der Waals surface area (Å²) in [6.07, 6.45) is 17.1. The highest BCUT2D eigenvalue weighted by molar-refractivity contribution is 5.86. The number of Topliss-reactive ketones (excluding diaryl/α,β-unsaturated/α-hetero) is 1. The molecule has 1 nitrogen and oxygen atoms in total. The molecule has 5 aliphatic carbocycles. The van der Waals surface area contributed by atoms with Gasteiger partial charge in [-0.05, 0) is 123 Å². The number of ketones is 1. The minimum Gasteiger partial charge on any atom is -0.299 e. The minimum atomic E-state index is -0.0774. The van der Waals surface area contributed by atoms with Crippen molar-refractivity contribution in [3.63, 3.8) is 0 Å². The molecule has 0 aromatic carbocycles. The highest BCUT2D eigenvalue weighted by Crippen LogP contribution is 2.88. The Bertz CT molecular complexity index is 801. The molecule has 8 atom stereocenters. The van der Waals surface area contributed by atoms with Crippen LogP contribution in [0.1, 0.15) is 119 Å². The third-order valence-electron chi connectivity index (χ3n) is 12.8. The molecule has 0 saturated heterocycles. The third-order valence-corrected chi connectivity index (χ3v) is 12.8. The van der Waals surface area contributed by atoms with E-state index >= 15 is 0 Å². The van der Waals surface area contributed by atoms with Crippen molar-refractivity contribution in [2.45, 2.75) is 119 Å². The van der Waals surface area contributed by atoms with E-state index in [2.05, 4.69) is 54.5 Å². The van der Waals surface area contributed by atoms with Gasteiger partial charge in [-0.3, -0.25) is 4.79 Å². The van der Waals surface area contributed by atoms with Gasteiger partial charge in [-0.1, -0.05) is 46.3 Å². The lowest BCUT2D eigenvalue weighted by atomic mass is 9.42. The zero-order valence-electron chi connectivity index (χ0n) is 21.6. The summed E-state index contributed by atoms with van der Waals surface area (Å²) in [5.41, 5.74) is 3.53. The van der Waals surface area contributed by atoms with E-state index in [0.717, 1.165) is 24.2 Å². The number of carbonyl (C=O) groups excluding carboxylic acids is 1. The van der Waals surface area contributed by atoms with Gasteiger partial charge in [0.05, 0.1) is 0 Å². The molecular formula is C30H48O. The fourth-order valence-corrected chi connectivity index (χ4v) is 11.0. The van der Waals surface area contributed by atoms with Crippen molar-refractivity contribution in [2.24, 2.45) is 50.7 Å². The maximum Gasteiger partial charge on any atom is 0.138 e. The molecule has 0 N–H and O–H groups in total. The van der Waals surface area contributed by atoms with E-state index in [0.29, 0.717) is 33.4 Å². The van der Waals surface area contributed by atoms with Crippen LogP contribution in [0.5, 0.6) is 0 Å². The fraction of sp³-hybridized carbons (Fsp3) is 0.900. The maximum absolute atomic E-state index is 12.8. The van der Waals surface area contributed by atoms with Gasteiger partial charge in [0, 0.05) is 11.8 Å². The van der Waals surface area contributed by atoms with Crippen molar-refractivity contribution >= 4 is 5.78 Å². The number of rotatable bonds is 4. The van der Waals surface area contributed by atoms with Crippen molar-refractivity contribution in [1.82, 2.24) is 0 Å². The summed E-state index contributed by atoms with van der Waals surface area (Å²) < 4.78 is 0. The Balaban J connectivity index is 1.41. The Hall–Kier alpha value is -0.590. The van der Waals surface area contributed by atoms with E-state index < -0.39 is 0 Å². The largest absolute Gasteiger partial charge is 0.299 e. The van der Waals surface area contributed by atoms with Crippen molar-refractivity contribution in [1.29, 1.82) is 0 Å². The summed E-state index contributed by atoms with van der Waals surface area (Å²) in [6, 6.07) is 0. The van der Waals surface area contributed by atoms with E-state index in [4.69, 9.17) is 0 Å². The molecule has 0 radical (unpaired) electrons. The molecule has 0 amide bonds. The van der Waals surface area contributed by atoms with E-state index in [1.807, 2.05) is 0 Å². The molecule has 1 heteroatoms. The summed E-state index contributed by atoms with van der Waals surface area (Å²) in [5.74, 6) is 3.87. The van der Waals surface area contributed by atoms with Crippen LogP contribution in [-0.4, -0.2) is 5.78 Å². The molecule has 0 aromatic rings. The smallest absolute Gasteiger partial charge is 0.138 e. The van der Waals surface area contributed by atoms with Crippen LogP contribution in [0.3, 0.4) is 0 Å². The SMILES string of the molecule is CC(C)=CCC[C@@H](C)[C@H]1CC[C@@]2(C)[C@@H]3CCC4C(C)(C)C(=O)CC[C@@]45CC35CC[C@]12C. The van der Waals surface area contributed by atoms with Gasteiger partial charge in [-0.25, -0.2) is 0 Å². The van der Waals surface area contributed by atoms with Crippen LogP contribution in [-0.2, 0) is 4.79 Å². The Morgan fingerprint density at radius 2 is 1.61 bits per heavy atom. The van der Waals surface area contributed by atoms with Crippen molar-refractivity contribution < 1.29 is 4.79 Å². The highest BCUT2D eigenvalue weighted by atomic mass is 16.1. The third kappa shape index (κ3) is 2.64. The lowest BCUT2D eigenvalue weighted by molar-refractivity contribution is -0.157. The predicted molar refractivity (Wildman–Crippen MR) is 130 cm³/mol. The van der Waals surface area contributed by atoms with Gasteiger partial charge in [-0.2, -0.15) is 0 Å². The standard InChI is InChI=1S/C30H48O/c1-20(2)9-8-10-21(3)22-13-15-28(7)24-12-11-23-26(4,5)25(31)14-16-29(23)19-30(24,29)18-17-27(22,28)6/h9,21-24H,8,10-19H2,1-7H3/t21-,22-,23?,24+,27-,28+,29-,30?/m1/s1. The molecule has 0 aromatic heterocycles. The predicted octanol–water partition coefficient (Wildman–Crippen LogP) is 8.38. The Morgan fingerprint density at radius 1 is 0.935 bits per heavy atom. The number of carbonyl (C=O) groups is 1. The number of fused-ring (bicyclic) bond motifs is 2. The molecule has 5 rings (SSSR count). The normalized spacial score (nSPS) is 50.5. The lowest BCUT2D eigenvalue weighted by Gasteiger charge is -2.62. The second kappa shape index (κ2) is 6.73. The Labute approximate surface area is 192 Å². The van der Waals surface area contributed by atoms with Crippen LogP contribution >= 0.6 is 0 Å². The second-order valence-electron chi connectivity index (χ2n) is 14.1. The molecular weight excluding hydrogens is 376 g/mol. The summed E-state index contributed by atoms with van der Waals surface area (Å²) in [4.78, 5) is 12.8. The van der Waals surface area contributed by atoms with Crippen molar-refractivity contribution in [2.75, 3.05) is 0 Å².